The molecular weight excluding hydrogens is 146 g/mol. The van der Waals surface area contributed by atoms with Gasteiger partial charge >= 0.3 is 0 Å². The van der Waals surface area contributed by atoms with Gasteiger partial charge < -0.3 is 0 Å². The van der Waals surface area contributed by atoms with Gasteiger partial charge in [-0.2, -0.15) is 0 Å². The van der Waals surface area contributed by atoms with Crippen molar-refractivity contribution in [3.05, 3.63) is 36.2 Å². The van der Waals surface area contributed by atoms with Gasteiger partial charge in [0, 0.05) is 12.1 Å². The summed E-state index contributed by atoms with van der Waals surface area (Å²) in [6.07, 6.45) is 3.44. The summed E-state index contributed by atoms with van der Waals surface area (Å²) < 4.78 is 0. The molecule has 2 heteroatoms. The van der Waals surface area contributed by atoms with E-state index >= 15 is 0 Å². The van der Waals surface area contributed by atoms with Crippen LogP contribution in [0.5, 0.6) is 0 Å². The summed E-state index contributed by atoms with van der Waals surface area (Å²) in [7, 11) is 0. The fourth-order valence-corrected chi connectivity index (χ4v) is 0.974. The predicted molar refractivity (Wildman–Crippen MR) is 43.9 cm³/mol. The highest BCUT2D eigenvalue weighted by atomic mass is 35.5. The van der Waals surface area contributed by atoms with Crippen LogP contribution in [0.4, 0.5) is 0 Å². The molecule has 0 fully saturated rings. The van der Waals surface area contributed by atoms with Gasteiger partial charge in [-0.25, -0.2) is 0 Å². The molecule has 1 aromatic rings. The van der Waals surface area contributed by atoms with Crippen LogP contribution in [0.15, 0.2) is 24.9 Å². The second-order valence-electron chi connectivity index (χ2n) is 1.89. The Balaban J connectivity index is 3.08. The van der Waals surface area contributed by atoms with Gasteiger partial charge in [0.15, 0.2) is 0 Å². The number of hydrogen-bond donors (Lipinski definition) is 0. The van der Waals surface area contributed by atoms with Crippen LogP contribution >= 0.6 is 11.6 Å². The number of aromatic nitrogens is 1. The first-order valence-electron chi connectivity index (χ1n) is 3.00. The van der Waals surface area contributed by atoms with Gasteiger partial charge in [0.25, 0.3) is 0 Å². The highest BCUT2D eigenvalue weighted by Gasteiger charge is 1.94. The number of pyridine rings is 1. The molecule has 1 nitrogen and oxygen atoms in total. The maximum Gasteiger partial charge on any atom is 0.0667 e. The van der Waals surface area contributed by atoms with Crippen LogP contribution in [0, 0.1) is 0 Å². The Hall–Kier alpha value is -0.820. The van der Waals surface area contributed by atoms with Gasteiger partial charge in [-0.05, 0) is 17.7 Å². The topological polar surface area (TPSA) is 12.9 Å². The van der Waals surface area contributed by atoms with Crippen molar-refractivity contribution in [3.63, 3.8) is 0 Å². The Morgan fingerprint density at radius 1 is 1.70 bits per heavy atom. The molecule has 0 saturated heterocycles. The van der Waals surface area contributed by atoms with E-state index in [0.29, 0.717) is 5.88 Å². The van der Waals surface area contributed by atoms with E-state index < -0.39 is 0 Å². The second-order valence-corrected chi connectivity index (χ2v) is 2.15. The van der Waals surface area contributed by atoms with Gasteiger partial charge in [0.05, 0.1) is 5.69 Å². The third-order valence-electron chi connectivity index (χ3n) is 1.26. The van der Waals surface area contributed by atoms with E-state index in [-0.39, 0.29) is 0 Å². The Morgan fingerprint density at radius 2 is 2.50 bits per heavy atom. The van der Waals surface area contributed by atoms with Crippen molar-refractivity contribution in [2.75, 3.05) is 0 Å². The zero-order chi connectivity index (χ0) is 7.40. The van der Waals surface area contributed by atoms with Crippen LogP contribution in [-0.4, -0.2) is 4.98 Å². The molecule has 1 aromatic heterocycles. The van der Waals surface area contributed by atoms with Crippen LogP contribution < -0.4 is 0 Å². The first-order valence-corrected chi connectivity index (χ1v) is 3.54. The van der Waals surface area contributed by atoms with Gasteiger partial charge in [0.1, 0.15) is 0 Å². The zero-order valence-electron chi connectivity index (χ0n) is 5.55. The SMILES string of the molecule is C=Cc1ncccc1CCl. The van der Waals surface area contributed by atoms with E-state index in [1.807, 2.05) is 12.1 Å². The van der Waals surface area contributed by atoms with Gasteiger partial charge in [-0.3, -0.25) is 4.98 Å². The van der Waals surface area contributed by atoms with Crippen LogP contribution in [0.3, 0.4) is 0 Å². The van der Waals surface area contributed by atoms with E-state index in [9.17, 15) is 0 Å². The third-order valence-corrected chi connectivity index (χ3v) is 1.55. The average Bonchev–Trinajstić information content (AvgIpc) is 2.04. The molecule has 1 rings (SSSR count). The quantitative estimate of drug-likeness (QED) is 0.595. The molecule has 0 aromatic carbocycles. The molecule has 0 radical (unpaired) electrons. The van der Waals surface area contributed by atoms with Crippen LogP contribution in [0.1, 0.15) is 11.3 Å². The van der Waals surface area contributed by atoms with E-state index in [1.54, 1.807) is 12.3 Å². The summed E-state index contributed by atoms with van der Waals surface area (Å²) in [5.74, 6) is 0.495. The van der Waals surface area contributed by atoms with Crippen molar-refractivity contribution >= 4 is 17.7 Å². The fraction of sp³-hybridized carbons (Fsp3) is 0.125. The van der Waals surface area contributed by atoms with Crippen molar-refractivity contribution in [2.24, 2.45) is 0 Å². The van der Waals surface area contributed by atoms with Gasteiger partial charge in [-0.1, -0.05) is 12.6 Å². The summed E-state index contributed by atoms with van der Waals surface area (Å²) in [5.41, 5.74) is 1.90. The van der Waals surface area contributed by atoms with Crippen molar-refractivity contribution < 1.29 is 0 Å². The van der Waals surface area contributed by atoms with Crippen molar-refractivity contribution in [3.8, 4) is 0 Å². The number of hydrogen-bond acceptors (Lipinski definition) is 1. The van der Waals surface area contributed by atoms with Gasteiger partial charge in [-0.15, -0.1) is 11.6 Å². The molecule has 0 atom stereocenters. The number of halogens is 1. The van der Waals surface area contributed by atoms with E-state index in [1.165, 1.54) is 0 Å². The number of rotatable bonds is 2. The number of alkyl halides is 1. The molecule has 0 aliphatic rings. The fourth-order valence-electron chi connectivity index (χ4n) is 0.748. The molecule has 0 saturated carbocycles. The summed E-state index contributed by atoms with van der Waals surface area (Å²) in [4.78, 5) is 4.07. The predicted octanol–water partition coefficient (Wildman–Crippen LogP) is 2.46. The highest BCUT2D eigenvalue weighted by Crippen LogP contribution is 2.08. The lowest BCUT2D eigenvalue weighted by Crippen LogP contribution is -1.86. The van der Waals surface area contributed by atoms with E-state index in [0.717, 1.165) is 11.3 Å². The molecule has 10 heavy (non-hydrogen) atoms. The number of nitrogens with zero attached hydrogens (tertiary/aromatic N) is 1. The van der Waals surface area contributed by atoms with E-state index in [2.05, 4.69) is 11.6 Å². The largest absolute Gasteiger partial charge is 0.257 e. The molecule has 0 bridgehead atoms. The molecule has 0 aliphatic carbocycles. The van der Waals surface area contributed by atoms with Crippen LogP contribution in [-0.2, 0) is 5.88 Å². The monoisotopic (exact) mass is 153 g/mol. The second kappa shape index (κ2) is 3.37. The van der Waals surface area contributed by atoms with Crippen LogP contribution in [0.25, 0.3) is 6.08 Å². The summed E-state index contributed by atoms with van der Waals surface area (Å²) in [6, 6.07) is 3.81. The highest BCUT2D eigenvalue weighted by molar-refractivity contribution is 6.17. The first-order chi connectivity index (χ1) is 4.88. The smallest absolute Gasteiger partial charge is 0.0667 e. The Labute approximate surface area is 65.4 Å². The normalized spacial score (nSPS) is 9.30. The molecular formula is C8H8ClN. The minimum atomic E-state index is 0.495. The lowest BCUT2D eigenvalue weighted by molar-refractivity contribution is 1.22. The standard InChI is InChI=1S/C8H8ClN/c1-2-8-7(6-9)4-3-5-10-8/h2-5H,1,6H2. The minimum absolute atomic E-state index is 0.495. The molecule has 0 spiro atoms. The zero-order valence-corrected chi connectivity index (χ0v) is 6.30. The summed E-state index contributed by atoms with van der Waals surface area (Å²) in [5, 5.41) is 0. The maximum atomic E-state index is 5.62. The maximum absolute atomic E-state index is 5.62. The molecule has 0 N–H and O–H groups in total. The molecule has 1 heterocycles. The van der Waals surface area contributed by atoms with Crippen molar-refractivity contribution in [1.29, 1.82) is 0 Å². The first kappa shape index (κ1) is 7.29. The molecule has 0 aliphatic heterocycles. The average molecular weight is 154 g/mol. The minimum Gasteiger partial charge on any atom is -0.257 e. The molecule has 0 unspecified atom stereocenters. The van der Waals surface area contributed by atoms with Gasteiger partial charge in [0.2, 0.25) is 0 Å². The van der Waals surface area contributed by atoms with Crippen molar-refractivity contribution in [2.45, 2.75) is 5.88 Å². The third kappa shape index (κ3) is 1.36. The summed E-state index contributed by atoms with van der Waals surface area (Å²) >= 11 is 5.62. The molecule has 0 amide bonds. The lowest BCUT2D eigenvalue weighted by atomic mass is 10.2. The van der Waals surface area contributed by atoms with Crippen molar-refractivity contribution in [1.82, 2.24) is 4.98 Å². The Morgan fingerprint density at radius 3 is 3.00 bits per heavy atom. The molecule has 52 valence electrons. The lowest BCUT2D eigenvalue weighted by Gasteiger charge is -1.97. The Bertz CT molecular complexity index is 232. The van der Waals surface area contributed by atoms with Crippen LogP contribution in [0.2, 0.25) is 0 Å². The summed E-state index contributed by atoms with van der Waals surface area (Å²) in [6.45, 7) is 3.62. The Kier molecular flexibility index (Phi) is 2.46. The van der Waals surface area contributed by atoms with E-state index in [4.69, 9.17) is 11.6 Å².